The minimum Gasteiger partial charge on any atom is -0.333 e. The minimum absolute atomic E-state index is 0.0655. The number of benzene rings is 1. The zero-order valence-corrected chi connectivity index (χ0v) is 22.9. The maximum atomic E-state index is 14.3. The van der Waals surface area contributed by atoms with Gasteiger partial charge >= 0.3 is 0 Å². The second-order valence-electron chi connectivity index (χ2n) is 12.7. The van der Waals surface area contributed by atoms with Crippen molar-refractivity contribution in [2.24, 2.45) is 29.1 Å². The Labute approximate surface area is 220 Å². The van der Waals surface area contributed by atoms with Crippen LogP contribution in [0.1, 0.15) is 80.0 Å². The van der Waals surface area contributed by atoms with Crippen LogP contribution in [0, 0.1) is 36.0 Å². The molecule has 4 aliphatic carbocycles. The predicted molar refractivity (Wildman–Crippen MR) is 145 cm³/mol. The van der Waals surface area contributed by atoms with Crippen molar-refractivity contribution in [1.29, 1.82) is 0 Å². The van der Waals surface area contributed by atoms with Gasteiger partial charge in [0.15, 0.2) is 0 Å². The molecule has 0 radical (unpaired) electrons. The highest BCUT2D eigenvalue weighted by Gasteiger charge is 2.55. The fourth-order valence-corrected chi connectivity index (χ4v) is 9.34. The number of hydrogen-bond acceptors (Lipinski definition) is 3. The highest BCUT2D eigenvalue weighted by molar-refractivity contribution is 7.10. The first-order chi connectivity index (χ1) is 17.3. The van der Waals surface area contributed by atoms with Crippen LogP contribution in [-0.2, 0) is 16.0 Å². The summed E-state index contributed by atoms with van der Waals surface area (Å²) in [5.74, 6) is 2.89. The van der Waals surface area contributed by atoms with Crippen molar-refractivity contribution < 1.29 is 9.59 Å². The van der Waals surface area contributed by atoms with Gasteiger partial charge in [-0.05, 0) is 104 Å². The van der Waals surface area contributed by atoms with Crippen molar-refractivity contribution in [3.05, 3.63) is 57.3 Å². The first kappa shape index (κ1) is 24.2. The molecule has 1 aliphatic heterocycles. The summed E-state index contributed by atoms with van der Waals surface area (Å²) >= 11 is 1.80. The summed E-state index contributed by atoms with van der Waals surface area (Å²) in [4.78, 5) is 33.8. The molecule has 2 amide bonds. The Morgan fingerprint density at radius 3 is 2.33 bits per heavy atom. The van der Waals surface area contributed by atoms with Crippen molar-refractivity contribution >= 4 is 23.2 Å². The first-order valence-electron chi connectivity index (χ1n) is 14.0. The van der Waals surface area contributed by atoms with Crippen molar-refractivity contribution in [2.75, 3.05) is 19.6 Å². The molecule has 5 heteroatoms. The molecule has 0 saturated heterocycles. The van der Waals surface area contributed by atoms with E-state index in [-0.39, 0.29) is 29.8 Å². The van der Waals surface area contributed by atoms with E-state index in [1.165, 1.54) is 40.8 Å². The minimum atomic E-state index is -0.207. The third-order valence-electron chi connectivity index (χ3n) is 9.46. The summed E-state index contributed by atoms with van der Waals surface area (Å²) in [7, 11) is 0. The van der Waals surface area contributed by atoms with Gasteiger partial charge < -0.3 is 9.80 Å². The van der Waals surface area contributed by atoms with E-state index >= 15 is 0 Å². The third-order valence-corrected chi connectivity index (χ3v) is 10.5. The van der Waals surface area contributed by atoms with Crippen LogP contribution < -0.4 is 0 Å². The maximum Gasteiger partial charge on any atom is 0.242 e. The molecule has 0 spiro atoms. The van der Waals surface area contributed by atoms with E-state index in [4.69, 9.17) is 0 Å². The largest absolute Gasteiger partial charge is 0.333 e. The summed E-state index contributed by atoms with van der Waals surface area (Å²) in [6.07, 6.45) is 8.02. The monoisotopic (exact) mass is 504 g/mol. The number of fused-ring (bicyclic) bond motifs is 1. The summed E-state index contributed by atoms with van der Waals surface area (Å²) in [5, 5.41) is 2.16. The van der Waals surface area contributed by atoms with Crippen LogP contribution in [-0.4, -0.2) is 41.2 Å². The van der Waals surface area contributed by atoms with E-state index in [1.807, 2.05) is 4.90 Å². The molecule has 0 N–H and O–H groups in total. The molecule has 1 aromatic heterocycles. The quantitative estimate of drug-likeness (QED) is 0.468. The molecular weight excluding hydrogens is 464 g/mol. The molecule has 1 aromatic carbocycles. The lowest BCUT2D eigenvalue weighted by Crippen LogP contribution is -2.57. The maximum absolute atomic E-state index is 14.3. The van der Waals surface area contributed by atoms with Crippen LogP contribution in [0.5, 0.6) is 0 Å². The summed E-state index contributed by atoms with van der Waals surface area (Å²) in [5.41, 5.74) is 3.47. The molecule has 4 saturated carbocycles. The number of amides is 2. The van der Waals surface area contributed by atoms with Gasteiger partial charge in [0.1, 0.15) is 0 Å². The fourth-order valence-electron chi connectivity index (χ4n) is 8.44. The average Bonchev–Trinajstić information content (AvgIpc) is 3.31. The van der Waals surface area contributed by atoms with Crippen LogP contribution in [0.15, 0.2) is 35.7 Å². The number of nitrogens with zero attached hydrogens (tertiary/aromatic N) is 2. The average molecular weight is 505 g/mol. The lowest BCUT2D eigenvalue weighted by atomic mass is 9.49. The van der Waals surface area contributed by atoms with Crippen LogP contribution in [0.2, 0.25) is 0 Å². The number of carbonyl (C=O) groups is 2. The summed E-state index contributed by atoms with van der Waals surface area (Å²) in [6.45, 7) is 8.06. The molecule has 4 nitrogen and oxygen atoms in total. The van der Waals surface area contributed by atoms with E-state index in [0.29, 0.717) is 19.0 Å². The van der Waals surface area contributed by atoms with E-state index in [1.54, 1.807) is 11.3 Å². The first-order valence-corrected chi connectivity index (χ1v) is 14.9. The molecule has 5 aliphatic rings. The van der Waals surface area contributed by atoms with E-state index < -0.39 is 0 Å². The predicted octanol–water partition coefficient (Wildman–Crippen LogP) is 6.23. The molecule has 4 bridgehead atoms. The van der Waals surface area contributed by atoms with Crippen molar-refractivity contribution in [3.63, 3.8) is 0 Å². The van der Waals surface area contributed by atoms with Crippen molar-refractivity contribution in [1.82, 2.24) is 9.80 Å². The van der Waals surface area contributed by atoms with E-state index in [2.05, 4.69) is 61.4 Å². The highest BCUT2D eigenvalue weighted by Crippen LogP contribution is 2.60. The standard InChI is InChI=1S/C31H40N2O2S/c1-20(2)18-32(30(35)31-15-22-12-23(16-31)14-24(13-22)17-31)19-28(34)33-10-8-27-26(9-11-36-27)29(33)25-7-5-4-6-21(25)3/h4-7,9,11,20,22-24,29H,8,10,12-19H2,1-3H3. The molecular formula is C31H40N2O2S. The van der Waals surface area contributed by atoms with Gasteiger partial charge in [-0.2, -0.15) is 0 Å². The Hall–Kier alpha value is -2.14. The van der Waals surface area contributed by atoms with E-state index in [0.717, 1.165) is 43.4 Å². The zero-order valence-electron chi connectivity index (χ0n) is 22.0. The number of thiophene rings is 1. The molecule has 7 rings (SSSR count). The molecule has 36 heavy (non-hydrogen) atoms. The van der Waals surface area contributed by atoms with Gasteiger partial charge in [0, 0.05) is 18.0 Å². The molecule has 2 heterocycles. The Balaban J connectivity index is 1.28. The number of rotatable bonds is 6. The number of hydrogen-bond donors (Lipinski definition) is 0. The summed E-state index contributed by atoms with van der Waals surface area (Å²) in [6, 6.07) is 10.6. The van der Waals surface area contributed by atoms with Crippen molar-refractivity contribution in [3.8, 4) is 0 Å². The van der Waals surface area contributed by atoms with Crippen LogP contribution in [0.25, 0.3) is 0 Å². The van der Waals surface area contributed by atoms with Gasteiger partial charge in [-0.25, -0.2) is 0 Å². The third kappa shape index (κ3) is 4.21. The lowest BCUT2D eigenvalue weighted by molar-refractivity contribution is -0.161. The van der Waals surface area contributed by atoms with Gasteiger partial charge in [-0.3, -0.25) is 9.59 Å². The molecule has 2 aromatic rings. The second kappa shape index (κ2) is 9.31. The van der Waals surface area contributed by atoms with Gasteiger partial charge in [0.2, 0.25) is 11.8 Å². The molecule has 192 valence electrons. The van der Waals surface area contributed by atoms with Crippen molar-refractivity contribution in [2.45, 2.75) is 71.8 Å². The van der Waals surface area contributed by atoms with E-state index in [9.17, 15) is 9.59 Å². The fraction of sp³-hybridized carbons (Fsp3) is 0.613. The SMILES string of the molecule is Cc1ccccc1C1c2ccsc2CCN1C(=O)CN(CC(C)C)C(=O)C12CC3CC(CC(C3)C1)C2. The Morgan fingerprint density at radius 2 is 1.69 bits per heavy atom. The van der Waals surface area contributed by atoms with Crippen LogP contribution >= 0.6 is 11.3 Å². The topological polar surface area (TPSA) is 40.6 Å². The second-order valence-corrected chi connectivity index (χ2v) is 13.7. The normalized spacial score (nSPS) is 30.5. The van der Waals surface area contributed by atoms with Gasteiger partial charge in [-0.1, -0.05) is 38.1 Å². The number of carbonyl (C=O) groups excluding carboxylic acids is 2. The molecule has 4 fully saturated rings. The Kier molecular flexibility index (Phi) is 6.26. The molecule has 1 unspecified atom stereocenters. The zero-order chi connectivity index (χ0) is 25.0. The summed E-state index contributed by atoms with van der Waals surface area (Å²) < 4.78 is 0. The Bertz CT molecular complexity index is 1120. The van der Waals surface area contributed by atoms with Gasteiger partial charge in [-0.15, -0.1) is 11.3 Å². The highest BCUT2D eigenvalue weighted by atomic mass is 32.1. The van der Waals surface area contributed by atoms with Crippen LogP contribution in [0.3, 0.4) is 0 Å². The van der Waals surface area contributed by atoms with Gasteiger partial charge in [0.05, 0.1) is 18.0 Å². The molecule has 1 atom stereocenters. The Morgan fingerprint density at radius 1 is 1.03 bits per heavy atom. The smallest absolute Gasteiger partial charge is 0.242 e. The van der Waals surface area contributed by atoms with Crippen LogP contribution in [0.4, 0.5) is 0 Å². The lowest BCUT2D eigenvalue weighted by Gasteiger charge is -2.56. The van der Waals surface area contributed by atoms with Gasteiger partial charge in [0.25, 0.3) is 0 Å². The number of aryl methyl sites for hydroxylation is 1.